The van der Waals surface area contributed by atoms with Crippen LogP contribution in [0.3, 0.4) is 0 Å². The number of carbonyl (C=O) groups excluding carboxylic acids is 2. The van der Waals surface area contributed by atoms with Gasteiger partial charge < -0.3 is 0 Å². The van der Waals surface area contributed by atoms with Gasteiger partial charge in [0, 0.05) is 6.42 Å². The van der Waals surface area contributed by atoms with Crippen LogP contribution in [-0.4, -0.2) is 22.0 Å². The smallest absolute Gasteiger partial charge is 0.235 e. The number of aromatic amines is 1. The topological polar surface area (TPSA) is 74.8 Å². The molecule has 1 unspecified atom stereocenters. The highest BCUT2D eigenvalue weighted by Crippen LogP contribution is 2.35. The minimum absolute atomic E-state index is 0.191. The highest BCUT2D eigenvalue weighted by molar-refractivity contribution is 6.02. The van der Waals surface area contributed by atoms with Crippen molar-refractivity contribution >= 4 is 22.7 Å². The second-order valence-corrected chi connectivity index (χ2v) is 6.71. The number of rotatable bonds is 1. The predicted octanol–water partition coefficient (Wildman–Crippen LogP) is 2.52. The molecule has 6 heteroatoms. The SMILES string of the molecule is CC(C)(C)c1ccc(F)c2c(C3CCC(=O)NC3=O)[nH]nc12. The Balaban J connectivity index is 2.17. The average molecular weight is 303 g/mol. The van der Waals surface area contributed by atoms with E-state index in [1.54, 1.807) is 6.07 Å². The third-order valence-corrected chi connectivity index (χ3v) is 4.08. The predicted molar refractivity (Wildman–Crippen MR) is 79.9 cm³/mol. The zero-order chi connectivity index (χ0) is 16.1. The average Bonchev–Trinajstić information content (AvgIpc) is 2.83. The van der Waals surface area contributed by atoms with Crippen molar-refractivity contribution in [1.29, 1.82) is 0 Å². The summed E-state index contributed by atoms with van der Waals surface area (Å²) < 4.78 is 14.3. The summed E-state index contributed by atoms with van der Waals surface area (Å²) in [6.07, 6.45) is 0.610. The second kappa shape index (κ2) is 4.90. The Labute approximate surface area is 127 Å². The lowest BCUT2D eigenvalue weighted by Crippen LogP contribution is -2.39. The molecule has 2 amide bonds. The van der Waals surface area contributed by atoms with Crippen molar-refractivity contribution in [2.45, 2.75) is 44.9 Å². The van der Waals surface area contributed by atoms with Crippen LogP contribution in [0.4, 0.5) is 4.39 Å². The number of piperidine rings is 1. The number of fused-ring (bicyclic) bond motifs is 1. The van der Waals surface area contributed by atoms with Gasteiger partial charge in [0.05, 0.1) is 22.5 Å². The molecule has 1 fully saturated rings. The fourth-order valence-corrected chi connectivity index (χ4v) is 2.94. The number of hydrogen-bond donors (Lipinski definition) is 2. The van der Waals surface area contributed by atoms with Gasteiger partial charge in [-0.3, -0.25) is 20.0 Å². The molecular formula is C16H18FN3O2. The van der Waals surface area contributed by atoms with Crippen LogP contribution >= 0.6 is 0 Å². The molecule has 2 N–H and O–H groups in total. The molecule has 1 aromatic carbocycles. The van der Waals surface area contributed by atoms with Gasteiger partial charge in [0.15, 0.2) is 0 Å². The van der Waals surface area contributed by atoms with Gasteiger partial charge in [-0.15, -0.1) is 0 Å². The first-order chi connectivity index (χ1) is 10.3. The highest BCUT2D eigenvalue weighted by atomic mass is 19.1. The number of benzene rings is 1. The third kappa shape index (κ3) is 2.28. The zero-order valence-electron chi connectivity index (χ0n) is 12.8. The van der Waals surface area contributed by atoms with Crippen molar-refractivity contribution < 1.29 is 14.0 Å². The number of aromatic nitrogens is 2. The molecule has 0 saturated carbocycles. The molecular weight excluding hydrogens is 285 g/mol. The Bertz CT molecular complexity index is 774. The van der Waals surface area contributed by atoms with E-state index in [0.29, 0.717) is 23.0 Å². The van der Waals surface area contributed by atoms with Crippen molar-refractivity contribution in [2.24, 2.45) is 0 Å². The molecule has 2 aromatic rings. The minimum Gasteiger partial charge on any atom is -0.296 e. The van der Waals surface area contributed by atoms with Crippen LogP contribution in [0.25, 0.3) is 10.9 Å². The van der Waals surface area contributed by atoms with Crippen molar-refractivity contribution in [3.05, 3.63) is 29.2 Å². The van der Waals surface area contributed by atoms with Gasteiger partial charge in [0.1, 0.15) is 5.82 Å². The molecule has 2 heterocycles. The second-order valence-electron chi connectivity index (χ2n) is 6.71. The van der Waals surface area contributed by atoms with Gasteiger partial charge in [0.2, 0.25) is 11.8 Å². The van der Waals surface area contributed by atoms with Crippen LogP contribution < -0.4 is 5.32 Å². The van der Waals surface area contributed by atoms with Gasteiger partial charge in [-0.2, -0.15) is 5.10 Å². The Morgan fingerprint density at radius 1 is 1.27 bits per heavy atom. The molecule has 0 spiro atoms. The van der Waals surface area contributed by atoms with Crippen LogP contribution in [-0.2, 0) is 15.0 Å². The van der Waals surface area contributed by atoms with E-state index < -0.39 is 17.6 Å². The van der Waals surface area contributed by atoms with E-state index in [0.717, 1.165) is 5.56 Å². The molecule has 22 heavy (non-hydrogen) atoms. The molecule has 3 rings (SSSR count). The van der Waals surface area contributed by atoms with Crippen LogP contribution in [0.15, 0.2) is 12.1 Å². The summed E-state index contributed by atoms with van der Waals surface area (Å²) in [5.74, 6) is -1.67. The Hall–Kier alpha value is -2.24. The first-order valence-corrected chi connectivity index (χ1v) is 7.29. The molecule has 0 aliphatic carbocycles. The molecule has 0 radical (unpaired) electrons. The van der Waals surface area contributed by atoms with Gasteiger partial charge in [-0.25, -0.2) is 4.39 Å². The maximum absolute atomic E-state index is 14.3. The van der Waals surface area contributed by atoms with E-state index in [-0.39, 0.29) is 17.7 Å². The third-order valence-electron chi connectivity index (χ3n) is 4.08. The number of halogens is 1. The summed E-state index contributed by atoms with van der Waals surface area (Å²) >= 11 is 0. The summed E-state index contributed by atoms with van der Waals surface area (Å²) in [7, 11) is 0. The quantitative estimate of drug-likeness (QED) is 0.795. The number of nitrogens with one attached hydrogen (secondary N) is 2. The van der Waals surface area contributed by atoms with Gasteiger partial charge in [-0.05, 0) is 23.5 Å². The van der Waals surface area contributed by atoms with Crippen LogP contribution in [0, 0.1) is 5.82 Å². The fraction of sp³-hybridized carbons (Fsp3) is 0.438. The maximum Gasteiger partial charge on any atom is 0.235 e. The summed E-state index contributed by atoms with van der Waals surface area (Å²) in [5, 5.41) is 9.71. The van der Waals surface area contributed by atoms with Crippen molar-refractivity contribution in [3.63, 3.8) is 0 Å². The number of amides is 2. The Kier molecular flexibility index (Phi) is 3.27. The number of imide groups is 1. The van der Waals surface area contributed by atoms with Crippen LogP contribution in [0.1, 0.15) is 50.8 Å². The van der Waals surface area contributed by atoms with E-state index in [2.05, 4.69) is 15.5 Å². The van der Waals surface area contributed by atoms with E-state index in [9.17, 15) is 14.0 Å². The lowest BCUT2D eigenvalue weighted by atomic mass is 9.84. The normalized spacial score (nSPS) is 19.5. The van der Waals surface area contributed by atoms with E-state index in [1.807, 2.05) is 20.8 Å². The van der Waals surface area contributed by atoms with Crippen LogP contribution in [0.2, 0.25) is 0 Å². The first kappa shape index (κ1) is 14.7. The fourth-order valence-electron chi connectivity index (χ4n) is 2.94. The minimum atomic E-state index is -0.576. The monoisotopic (exact) mass is 303 g/mol. The van der Waals surface area contributed by atoms with Crippen LogP contribution in [0.5, 0.6) is 0 Å². The summed E-state index contributed by atoms with van der Waals surface area (Å²) in [6.45, 7) is 6.08. The molecule has 1 saturated heterocycles. The maximum atomic E-state index is 14.3. The Morgan fingerprint density at radius 2 is 2.00 bits per heavy atom. The van der Waals surface area contributed by atoms with Gasteiger partial charge in [0.25, 0.3) is 0 Å². The molecule has 116 valence electrons. The first-order valence-electron chi connectivity index (χ1n) is 7.29. The lowest BCUT2D eigenvalue weighted by Gasteiger charge is -2.21. The largest absolute Gasteiger partial charge is 0.296 e. The highest BCUT2D eigenvalue weighted by Gasteiger charge is 2.32. The molecule has 1 aliphatic rings. The standard InChI is InChI=1S/C16H18FN3O2/c1-16(2,3)9-5-6-10(17)12-13(19-20-14(9)12)8-4-7-11(21)18-15(8)22/h5-6,8H,4,7H2,1-3H3,(H,19,20)(H,18,21,22). The molecule has 1 aliphatic heterocycles. The Morgan fingerprint density at radius 3 is 2.64 bits per heavy atom. The summed E-state index contributed by atoms with van der Waals surface area (Å²) in [5.41, 5.74) is 1.72. The lowest BCUT2D eigenvalue weighted by molar-refractivity contribution is -0.134. The molecule has 1 atom stereocenters. The zero-order valence-corrected chi connectivity index (χ0v) is 12.8. The molecule has 1 aromatic heterocycles. The van der Waals surface area contributed by atoms with E-state index in [1.165, 1.54) is 6.07 Å². The van der Waals surface area contributed by atoms with Crippen molar-refractivity contribution in [3.8, 4) is 0 Å². The summed E-state index contributed by atoms with van der Waals surface area (Å²) in [4.78, 5) is 23.3. The number of hydrogen-bond acceptors (Lipinski definition) is 3. The van der Waals surface area contributed by atoms with Gasteiger partial charge in [-0.1, -0.05) is 26.8 Å². The number of nitrogens with zero attached hydrogens (tertiary/aromatic N) is 1. The summed E-state index contributed by atoms with van der Waals surface area (Å²) in [6, 6.07) is 3.14. The van der Waals surface area contributed by atoms with E-state index >= 15 is 0 Å². The van der Waals surface area contributed by atoms with Crippen molar-refractivity contribution in [1.82, 2.24) is 15.5 Å². The number of H-pyrrole nitrogens is 1. The molecule has 5 nitrogen and oxygen atoms in total. The van der Waals surface area contributed by atoms with Gasteiger partial charge >= 0.3 is 0 Å². The number of carbonyl (C=O) groups is 2. The van der Waals surface area contributed by atoms with E-state index in [4.69, 9.17) is 0 Å². The molecule has 0 bridgehead atoms. The van der Waals surface area contributed by atoms with Crippen molar-refractivity contribution in [2.75, 3.05) is 0 Å².